The number of rotatable bonds is 32. The molecule has 1 heterocycles. The quantitative estimate of drug-likeness (QED) is 0.0289. The minimum absolute atomic E-state index is 0.0771. The average molecular weight is 753 g/mol. The fourth-order valence-corrected chi connectivity index (χ4v) is 7.52. The van der Waals surface area contributed by atoms with Crippen molar-refractivity contribution in [3.05, 3.63) is 66.8 Å². The van der Waals surface area contributed by atoms with E-state index in [0.717, 1.165) is 71.7 Å². The maximum absolute atomic E-state index is 12.8. The van der Waals surface area contributed by atoms with E-state index in [2.05, 4.69) is 90.7 Å². The summed E-state index contributed by atoms with van der Waals surface area (Å²) < 4.78 is 2.15. The molecule has 1 aromatic heterocycles. The molecule has 0 aliphatic heterocycles. The average Bonchev–Trinajstić information content (AvgIpc) is 3.18. The van der Waals surface area contributed by atoms with Crippen LogP contribution >= 0.6 is 0 Å². The molecule has 3 aromatic rings. The maximum atomic E-state index is 12.8. The van der Waals surface area contributed by atoms with Crippen LogP contribution in [-0.4, -0.2) is 11.8 Å². The van der Waals surface area contributed by atoms with Gasteiger partial charge in [0.25, 0.3) is 0 Å². The Morgan fingerprint density at radius 2 is 0.782 bits per heavy atom. The van der Waals surface area contributed by atoms with Crippen molar-refractivity contribution < 1.29 is 14.2 Å². The monoisotopic (exact) mass is 753 g/mol. The number of hydrogen-bond acceptors (Lipinski definition) is 2. The number of hydrogen-bond donors (Lipinski definition) is 2. The lowest BCUT2D eigenvalue weighted by Gasteiger charge is -2.09. The first-order valence-electron chi connectivity index (χ1n) is 22.8. The Balaban J connectivity index is 1.31. The number of pyridine rings is 1. The number of aryl methyl sites for hydroxylation is 1. The first-order chi connectivity index (χ1) is 27.0. The molecule has 3 rings (SSSR count). The van der Waals surface area contributed by atoms with Gasteiger partial charge in [0.15, 0.2) is 0 Å². The summed E-state index contributed by atoms with van der Waals surface area (Å²) in [5, 5.41) is 8.48. The first kappa shape index (κ1) is 45.9. The van der Waals surface area contributed by atoms with Gasteiger partial charge in [0.2, 0.25) is 22.8 Å². The SMILES string of the molecule is CCCCCCCCC/C=C\CCCCCCC(=O)Nc1ccc2cc3ccc(NC(=O)CCCCCC/C=C\CCCCCCCCC)cc3[n+](C)c2c1. The summed E-state index contributed by atoms with van der Waals surface area (Å²) in [4.78, 5) is 25.6. The van der Waals surface area contributed by atoms with Gasteiger partial charge in [-0.15, -0.1) is 0 Å². The lowest BCUT2D eigenvalue weighted by molar-refractivity contribution is -0.617. The van der Waals surface area contributed by atoms with Gasteiger partial charge in [0.05, 0.1) is 0 Å². The van der Waals surface area contributed by atoms with Crippen molar-refractivity contribution in [1.29, 1.82) is 0 Å². The molecule has 2 N–H and O–H groups in total. The largest absolute Gasteiger partial charge is 0.326 e. The van der Waals surface area contributed by atoms with Gasteiger partial charge in [-0.2, -0.15) is 4.57 Å². The lowest BCUT2D eigenvalue weighted by Crippen LogP contribution is -2.30. The molecule has 5 nitrogen and oxygen atoms in total. The van der Waals surface area contributed by atoms with Crippen LogP contribution < -0.4 is 15.2 Å². The van der Waals surface area contributed by atoms with Crippen molar-refractivity contribution in [3.8, 4) is 0 Å². The molecular weight excluding hydrogens is 675 g/mol. The van der Waals surface area contributed by atoms with Gasteiger partial charge in [0.1, 0.15) is 7.05 Å². The van der Waals surface area contributed by atoms with Crippen LogP contribution in [0.25, 0.3) is 21.8 Å². The molecule has 0 aliphatic carbocycles. The highest BCUT2D eigenvalue weighted by Crippen LogP contribution is 2.24. The molecule has 0 spiro atoms. The van der Waals surface area contributed by atoms with Crippen LogP contribution in [0.1, 0.15) is 194 Å². The number of nitrogens with one attached hydrogen (secondary N) is 2. The molecule has 0 atom stereocenters. The molecule has 2 aromatic carbocycles. The fourth-order valence-electron chi connectivity index (χ4n) is 7.52. The standard InChI is InChI=1S/C50H77N3O2/c1-4-6-8-10-12-14-16-18-20-22-24-26-28-30-32-34-49(54)51-45-38-36-43-40-44-37-39-46(42-48(44)53(3)47(43)41-45)52-50(55)35-33-31-29-27-25-23-21-19-17-15-13-11-9-7-5-2/h20-23,36-42H,4-19,24-35H2,1-3H3,(H,51,52,54,55)/p+1/b22-20-,23-21-. The van der Waals surface area contributed by atoms with Crippen molar-refractivity contribution in [2.45, 2.75) is 194 Å². The smallest absolute Gasteiger partial charge is 0.224 e. The Hall–Kier alpha value is -3.47. The van der Waals surface area contributed by atoms with Gasteiger partial charge >= 0.3 is 0 Å². The van der Waals surface area contributed by atoms with E-state index >= 15 is 0 Å². The highest BCUT2D eigenvalue weighted by Gasteiger charge is 2.15. The van der Waals surface area contributed by atoms with Crippen LogP contribution in [0.4, 0.5) is 11.4 Å². The van der Waals surface area contributed by atoms with Crippen LogP contribution in [-0.2, 0) is 16.6 Å². The van der Waals surface area contributed by atoms with Gasteiger partial charge in [-0.05, 0) is 94.5 Å². The Bertz CT molecular complexity index is 1450. The van der Waals surface area contributed by atoms with E-state index in [1.165, 1.54) is 128 Å². The van der Waals surface area contributed by atoms with Crippen LogP contribution in [0, 0.1) is 0 Å². The van der Waals surface area contributed by atoms with Crippen LogP contribution in [0.15, 0.2) is 66.8 Å². The van der Waals surface area contributed by atoms with Crippen LogP contribution in [0.5, 0.6) is 0 Å². The van der Waals surface area contributed by atoms with Crippen molar-refractivity contribution in [2.75, 3.05) is 10.6 Å². The number of unbranched alkanes of at least 4 members (excludes halogenated alkanes) is 22. The van der Waals surface area contributed by atoms with Gasteiger partial charge < -0.3 is 10.6 Å². The third-order valence-electron chi connectivity index (χ3n) is 11.0. The number of aromatic nitrogens is 1. The van der Waals surface area contributed by atoms with E-state index in [9.17, 15) is 9.59 Å². The van der Waals surface area contributed by atoms with Crippen LogP contribution in [0.2, 0.25) is 0 Å². The molecule has 0 saturated carbocycles. The molecule has 0 aliphatic rings. The number of carbonyl (C=O) groups excluding carboxylic acids is 2. The molecular formula is C50H78N3O2+. The Morgan fingerprint density at radius 3 is 1.15 bits per heavy atom. The highest BCUT2D eigenvalue weighted by atomic mass is 16.2. The number of anilines is 2. The van der Waals surface area contributed by atoms with Crippen molar-refractivity contribution in [3.63, 3.8) is 0 Å². The van der Waals surface area contributed by atoms with E-state index in [0.29, 0.717) is 12.8 Å². The number of fused-ring (bicyclic) bond motifs is 2. The minimum atomic E-state index is 0.0771. The zero-order valence-corrected chi connectivity index (χ0v) is 35.4. The Labute approximate surface area is 336 Å². The third-order valence-corrected chi connectivity index (χ3v) is 11.0. The molecule has 2 amide bonds. The zero-order valence-electron chi connectivity index (χ0n) is 35.4. The van der Waals surface area contributed by atoms with E-state index in [1.807, 2.05) is 12.1 Å². The molecule has 0 saturated heterocycles. The number of allylic oxidation sites excluding steroid dienone is 4. The number of carbonyl (C=O) groups is 2. The third kappa shape index (κ3) is 20.3. The summed E-state index contributed by atoms with van der Waals surface area (Å²) in [7, 11) is 2.05. The predicted molar refractivity (Wildman–Crippen MR) is 239 cm³/mol. The van der Waals surface area contributed by atoms with E-state index < -0.39 is 0 Å². The summed E-state index contributed by atoms with van der Waals surface area (Å²) in [6, 6.07) is 14.4. The van der Waals surface area contributed by atoms with Crippen molar-refractivity contribution in [2.24, 2.45) is 7.05 Å². The Morgan fingerprint density at radius 1 is 0.455 bits per heavy atom. The van der Waals surface area contributed by atoms with Gasteiger partial charge in [-0.3, -0.25) is 9.59 Å². The second-order valence-electron chi connectivity index (χ2n) is 16.0. The van der Waals surface area contributed by atoms with E-state index in [-0.39, 0.29) is 11.8 Å². The molecule has 0 bridgehead atoms. The lowest BCUT2D eigenvalue weighted by atomic mass is 10.1. The maximum Gasteiger partial charge on any atom is 0.224 e. The number of nitrogens with zero attached hydrogens (tertiary/aromatic N) is 1. The zero-order chi connectivity index (χ0) is 39.2. The number of amides is 2. The molecule has 0 unspecified atom stereocenters. The molecule has 304 valence electrons. The predicted octanol–water partition coefficient (Wildman–Crippen LogP) is 14.8. The molecule has 0 fully saturated rings. The first-order valence-corrected chi connectivity index (χ1v) is 22.8. The second-order valence-corrected chi connectivity index (χ2v) is 16.0. The summed E-state index contributed by atoms with van der Waals surface area (Å²) in [5.41, 5.74) is 3.73. The molecule has 5 heteroatoms. The normalized spacial score (nSPS) is 11.8. The van der Waals surface area contributed by atoms with E-state index in [1.54, 1.807) is 0 Å². The minimum Gasteiger partial charge on any atom is -0.326 e. The number of benzene rings is 2. The van der Waals surface area contributed by atoms with Crippen LogP contribution in [0.3, 0.4) is 0 Å². The molecule has 55 heavy (non-hydrogen) atoms. The summed E-state index contributed by atoms with van der Waals surface area (Å²) in [6.45, 7) is 4.55. The summed E-state index contributed by atoms with van der Waals surface area (Å²) in [5.74, 6) is 0.154. The molecule has 0 radical (unpaired) electrons. The van der Waals surface area contributed by atoms with Gasteiger partial charge in [-0.1, -0.05) is 141 Å². The fraction of sp³-hybridized carbons (Fsp3) is 0.620. The summed E-state index contributed by atoms with van der Waals surface area (Å²) in [6.07, 6.45) is 43.2. The topological polar surface area (TPSA) is 62.1 Å². The summed E-state index contributed by atoms with van der Waals surface area (Å²) >= 11 is 0. The van der Waals surface area contributed by atoms with Crippen molar-refractivity contribution in [1.82, 2.24) is 0 Å². The van der Waals surface area contributed by atoms with Gasteiger partial charge in [-0.25, -0.2) is 0 Å². The van der Waals surface area contributed by atoms with E-state index in [4.69, 9.17) is 0 Å². The Kier molecular flexibility index (Phi) is 24.9. The van der Waals surface area contributed by atoms with Gasteiger partial charge in [0, 0.05) is 47.1 Å². The highest BCUT2D eigenvalue weighted by molar-refractivity contribution is 5.97. The van der Waals surface area contributed by atoms with Crippen molar-refractivity contribution >= 4 is 45.0 Å². The second kappa shape index (κ2) is 29.8.